The van der Waals surface area contributed by atoms with Gasteiger partial charge in [0.15, 0.2) is 11.5 Å². The molecule has 0 unspecified atom stereocenters. The van der Waals surface area contributed by atoms with Gasteiger partial charge in [-0.1, -0.05) is 0 Å². The number of aromatic nitrogens is 5. The molecule has 0 bridgehead atoms. The maximum atomic E-state index is 9.31. The molecule has 0 saturated heterocycles. The van der Waals surface area contributed by atoms with Gasteiger partial charge in [-0.3, -0.25) is 9.38 Å². The van der Waals surface area contributed by atoms with Crippen LogP contribution in [-0.2, 0) is 0 Å². The topological polar surface area (TPSA) is 79.8 Å². The second-order valence-electron chi connectivity index (χ2n) is 5.79. The van der Waals surface area contributed by atoms with Gasteiger partial charge in [-0.15, -0.1) is 10.2 Å². The van der Waals surface area contributed by atoms with Crippen LogP contribution in [0.5, 0.6) is 0 Å². The molecule has 116 valence electrons. The fraction of sp³-hybridized carbons (Fsp3) is 0.167. The van der Waals surface area contributed by atoms with Crippen molar-refractivity contribution in [3.63, 3.8) is 0 Å². The van der Waals surface area contributed by atoms with Gasteiger partial charge in [-0.25, -0.2) is 4.98 Å². The number of hydrogen-bond acceptors (Lipinski definition) is 5. The van der Waals surface area contributed by atoms with Crippen LogP contribution in [0.4, 0.5) is 0 Å². The van der Waals surface area contributed by atoms with Crippen LogP contribution in [0.1, 0.15) is 22.5 Å². The molecule has 0 N–H and O–H groups in total. The predicted octanol–water partition coefficient (Wildman–Crippen LogP) is 3.14. The zero-order chi connectivity index (χ0) is 16.8. The average Bonchev–Trinajstić information content (AvgIpc) is 3.02. The number of aryl methyl sites for hydroxylation is 3. The van der Waals surface area contributed by atoms with E-state index in [-0.39, 0.29) is 0 Å². The summed E-state index contributed by atoms with van der Waals surface area (Å²) in [6.45, 7) is 5.82. The summed E-state index contributed by atoms with van der Waals surface area (Å²) in [6.07, 6.45) is 1.75. The normalized spacial score (nSPS) is 11.1. The van der Waals surface area contributed by atoms with Gasteiger partial charge in [0.05, 0.1) is 28.4 Å². The SMILES string of the molecule is Cc1ncccc1-c1nnc2c(C)nc3c(C)cc(C#N)cc3n12. The van der Waals surface area contributed by atoms with Crippen molar-refractivity contribution in [2.75, 3.05) is 0 Å². The number of hydrogen-bond donors (Lipinski definition) is 0. The highest BCUT2D eigenvalue weighted by atomic mass is 15.3. The monoisotopic (exact) mass is 314 g/mol. The molecule has 4 rings (SSSR count). The zero-order valence-electron chi connectivity index (χ0n) is 13.6. The molecule has 0 aliphatic carbocycles. The molecule has 4 aromatic rings. The highest BCUT2D eigenvalue weighted by molar-refractivity contribution is 5.85. The number of nitrogens with zero attached hydrogens (tertiary/aromatic N) is 6. The molecular weight excluding hydrogens is 300 g/mol. The third-order valence-electron chi connectivity index (χ3n) is 4.16. The van der Waals surface area contributed by atoms with Gasteiger partial charge in [0, 0.05) is 17.5 Å². The van der Waals surface area contributed by atoms with Crippen LogP contribution >= 0.6 is 0 Å². The third kappa shape index (κ3) is 1.95. The summed E-state index contributed by atoms with van der Waals surface area (Å²) >= 11 is 0. The predicted molar refractivity (Wildman–Crippen MR) is 90.4 cm³/mol. The van der Waals surface area contributed by atoms with E-state index in [0.29, 0.717) is 17.0 Å². The summed E-state index contributed by atoms with van der Waals surface area (Å²) in [6, 6.07) is 9.74. The Labute approximate surface area is 138 Å². The van der Waals surface area contributed by atoms with Crippen molar-refractivity contribution in [2.24, 2.45) is 0 Å². The van der Waals surface area contributed by atoms with E-state index < -0.39 is 0 Å². The second-order valence-corrected chi connectivity index (χ2v) is 5.79. The first kappa shape index (κ1) is 14.3. The first-order valence-corrected chi connectivity index (χ1v) is 7.58. The lowest BCUT2D eigenvalue weighted by Crippen LogP contribution is -2.00. The summed E-state index contributed by atoms with van der Waals surface area (Å²) in [7, 11) is 0. The highest BCUT2D eigenvalue weighted by Crippen LogP contribution is 2.27. The molecular formula is C18H14N6. The van der Waals surface area contributed by atoms with Crippen LogP contribution < -0.4 is 0 Å². The van der Waals surface area contributed by atoms with Crippen molar-refractivity contribution >= 4 is 16.7 Å². The first-order chi connectivity index (χ1) is 11.6. The molecule has 6 nitrogen and oxygen atoms in total. The van der Waals surface area contributed by atoms with E-state index >= 15 is 0 Å². The van der Waals surface area contributed by atoms with E-state index in [0.717, 1.165) is 33.5 Å². The lowest BCUT2D eigenvalue weighted by atomic mass is 10.1. The fourth-order valence-corrected chi connectivity index (χ4v) is 3.00. The molecule has 1 aromatic carbocycles. The molecule has 0 saturated carbocycles. The Bertz CT molecular complexity index is 1150. The van der Waals surface area contributed by atoms with E-state index in [9.17, 15) is 5.26 Å². The number of rotatable bonds is 1. The molecule has 0 fully saturated rings. The largest absolute Gasteiger partial charge is 0.272 e. The standard InChI is InChI=1S/C18H14N6/c1-10-7-13(9-19)8-15-16(10)21-12(3)17-22-23-18(24(15)17)14-5-4-6-20-11(14)2/h4-8H,1-3H3. The average molecular weight is 314 g/mol. The first-order valence-electron chi connectivity index (χ1n) is 7.58. The molecule has 24 heavy (non-hydrogen) atoms. The van der Waals surface area contributed by atoms with Crippen molar-refractivity contribution in [3.8, 4) is 17.5 Å². The highest BCUT2D eigenvalue weighted by Gasteiger charge is 2.17. The number of benzene rings is 1. The molecule has 6 heteroatoms. The number of pyridine rings is 1. The van der Waals surface area contributed by atoms with Crippen molar-refractivity contribution in [3.05, 3.63) is 53.0 Å². The van der Waals surface area contributed by atoms with Crippen LogP contribution in [0.3, 0.4) is 0 Å². The molecule has 0 aliphatic rings. The van der Waals surface area contributed by atoms with E-state index in [2.05, 4.69) is 26.2 Å². The van der Waals surface area contributed by atoms with Crippen molar-refractivity contribution in [1.29, 1.82) is 5.26 Å². The van der Waals surface area contributed by atoms with E-state index in [4.69, 9.17) is 0 Å². The third-order valence-corrected chi connectivity index (χ3v) is 4.16. The van der Waals surface area contributed by atoms with Crippen molar-refractivity contribution < 1.29 is 0 Å². The molecule has 3 heterocycles. The minimum absolute atomic E-state index is 0.592. The number of nitriles is 1. The fourth-order valence-electron chi connectivity index (χ4n) is 3.00. The zero-order valence-corrected chi connectivity index (χ0v) is 13.6. The summed E-state index contributed by atoms with van der Waals surface area (Å²) in [4.78, 5) is 9.01. The van der Waals surface area contributed by atoms with Gasteiger partial charge in [0.1, 0.15) is 0 Å². The Morgan fingerprint density at radius 3 is 2.67 bits per heavy atom. The van der Waals surface area contributed by atoms with E-state index in [1.54, 1.807) is 6.20 Å². The lowest BCUT2D eigenvalue weighted by Gasteiger charge is -2.10. The van der Waals surface area contributed by atoms with Gasteiger partial charge < -0.3 is 0 Å². The van der Waals surface area contributed by atoms with E-state index in [1.807, 2.05) is 49.4 Å². The molecule has 0 aliphatic heterocycles. The Morgan fingerprint density at radius 2 is 1.92 bits per heavy atom. The van der Waals surface area contributed by atoms with Crippen LogP contribution in [0.25, 0.3) is 28.1 Å². The second kappa shape index (κ2) is 5.10. The maximum absolute atomic E-state index is 9.31. The van der Waals surface area contributed by atoms with Gasteiger partial charge in [0.25, 0.3) is 0 Å². The van der Waals surface area contributed by atoms with Crippen molar-refractivity contribution in [1.82, 2.24) is 24.6 Å². The van der Waals surface area contributed by atoms with Gasteiger partial charge in [-0.05, 0) is 50.6 Å². The maximum Gasteiger partial charge on any atom is 0.183 e. The Hall–Kier alpha value is -3.33. The summed E-state index contributed by atoms with van der Waals surface area (Å²) in [5.74, 6) is 0.709. The summed E-state index contributed by atoms with van der Waals surface area (Å²) < 4.78 is 1.97. The minimum Gasteiger partial charge on any atom is -0.272 e. The van der Waals surface area contributed by atoms with Crippen LogP contribution in [0.15, 0.2) is 30.5 Å². The molecule has 0 atom stereocenters. The van der Waals surface area contributed by atoms with Gasteiger partial charge in [-0.2, -0.15) is 5.26 Å². The lowest BCUT2D eigenvalue weighted by molar-refractivity contribution is 1.09. The van der Waals surface area contributed by atoms with Gasteiger partial charge >= 0.3 is 0 Å². The van der Waals surface area contributed by atoms with Crippen LogP contribution in [0, 0.1) is 32.1 Å². The molecule has 3 aromatic heterocycles. The summed E-state index contributed by atoms with van der Waals surface area (Å²) in [5, 5.41) is 18.0. The number of fused-ring (bicyclic) bond motifs is 3. The smallest absolute Gasteiger partial charge is 0.183 e. The Kier molecular flexibility index (Phi) is 3.03. The molecule has 0 amide bonds. The molecule has 0 radical (unpaired) electrons. The Balaban J connectivity index is 2.22. The minimum atomic E-state index is 0.592. The quantitative estimate of drug-likeness (QED) is 0.539. The van der Waals surface area contributed by atoms with Crippen LogP contribution in [0.2, 0.25) is 0 Å². The summed E-state index contributed by atoms with van der Waals surface area (Å²) in [5.41, 5.74) is 6.51. The molecule has 0 spiro atoms. The Morgan fingerprint density at radius 1 is 1.08 bits per heavy atom. The van der Waals surface area contributed by atoms with Crippen LogP contribution in [-0.4, -0.2) is 24.6 Å². The van der Waals surface area contributed by atoms with Crippen molar-refractivity contribution in [2.45, 2.75) is 20.8 Å². The van der Waals surface area contributed by atoms with E-state index in [1.165, 1.54) is 0 Å². The van der Waals surface area contributed by atoms with Gasteiger partial charge in [0.2, 0.25) is 0 Å².